The minimum Gasteiger partial charge on any atom is -0.492 e. The van der Waals surface area contributed by atoms with Crippen LogP contribution in [0.3, 0.4) is 0 Å². The van der Waals surface area contributed by atoms with Crippen molar-refractivity contribution in [2.45, 2.75) is 39.3 Å². The van der Waals surface area contributed by atoms with Crippen LogP contribution < -0.4 is 14.8 Å². The molecular weight excluding hydrogens is 392 g/mol. The number of hydrogen-bond donors (Lipinski definition) is 1. The quantitative estimate of drug-likeness (QED) is 0.630. The van der Waals surface area contributed by atoms with Gasteiger partial charge in [0.05, 0.1) is 0 Å². The highest BCUT2D eigenvalue weighted by molar-refractivity contribution is 5.77. The lowest BCUT2D eigenvalue weighted by molar-refractivity contribution is -0.123. The van der Waals surface area contributed by atoms with Gasteiger partial charge in [-0.25, -0.2) is 0 Å². The lowest BCUT2D eigenvalue weighted by atomic mass is 10.1. The smallest absolute Gasteiger partial charge is 0.258 e. The second-order valence-electron chi connectivity index (χ2n) is 8.15. The summed E-state index contributed by atoms with van der Waals surface area (Å²) in [6, 6.07) is 14.4. The van der Waals surface area contributed by atoms with Crippen LogP contribution in [0.25, 0.3) is 0 Å². The molecule has 6 heteroatoms. The second kappa shape index (κ2) is 11.7. The van der Waals surface area contributed by atoms with Crippen molar-refractivity contribution >= 4 is 5.91 Å². The molecule has 31 heavy (non-hydrogen) atoms. The number of nitrogens with one attached hydrogen (secondary N) is 1. The third kappa shape index (κ3) is 7.56. The third-order valence-corrected chi connectivity index (χ3v) is 5.62. The number of rotatable bonds is 10. The highest BCUT2D eigenvalue weighted by Crippen LogP contribution is 2.19. The minimum atomic E-state index is -0.148. The van der Waals surface area contributed by atoms with Gasteiger partial charge in [-0.3, -0.25) is 9.69 Å². The Bertz CT molecular complexity index is 849. The standard InChI is InChI=1S/C25H34N2O4/c1-19-7-8-20(2)24(15-19)31-18-25(28)26-17-21-5-4-6-23(16-21)30-14-11-27(3)22-9-12-29-13-10-22/h4-8,15-16,22H,9-14,17-18H2,1-3H3,(H,26,28). The van der Waals surface area contributed by atoms with Crippen molar-refractivity contribution < 1.29 is 19.0 Å². The Morgan fingerprint density at radius 3 is 2.74 bits per heavy atom. The van der Waals surface area contributed by atoms with Gasteiger partial charge < -0.3 is 19.5 Å². The van der Waals surface area contributed by atoms with Crippen LogP contribution in [0.15, 0.2) is 42.5 Å². The van der Waals surface area contributed by atoms with E-state index in [1.807, 2.05) is 56.3 Å². The van der Waals surface area contributed by atoms with Crippen LogP contribution in [-0.4, -0.2) is 56.9 Å². The van der Waals surface area contributed by atoms with E-state index in [-0.39, 0.29) is 12.5 Å². The summed E-state index contributed by atoms with van der Waals surface area (Å²) < 4.78 is 17.0. The van der Waals surface area contributed by atoms with E-state index in [2.05, 4.69) is 17.3 Å². The number of aryl methyl sites for hydroxylation is 2. The van der Waals surface area contributed by atoms with E-state index in [1.165, 1.54) is 0 Å². The van der Waals surface area contributed by atoms with Gasteiger partial charge in [-0.15, -0.1) is 0 Å². The molecule has 0 spiro atoms. The largest absolute Gasteiger partial charge is 0.492 e. The van der Waals surface area contributed by atoms with Crippen molar-refractivity contribution in [3.8, 4) is 11.5 Å². The maximum atomic E-state index is 12.2. The third-order valence-electron chi connectivity index (χ3n) is 5.62. The zero-order valence-electron chi connectivity index (χ0n) is 18.9. The summed E-state index contributed by atoms with van der Waals surface area (Å²) in [5, 5.41) is 2.91. The van der Waals surface area contributed by atoms with E-state index in [1.54, 1.807) is 0 Å². The molecule has 1 aliphatic rings. The Morgan fingerprint density at radius 2 is 1.94 bits per heavy atom. The van der Waals surface area contributed by atoms with Crippen molar-refractivity contribution in [2.75, 3.05) is 40.0 Å². The molecule has 1 N–H and O–H groups in total. The molecule has 2 aromatic carbocycles. The van der Waals surface area contributed by atoms with Crippen molar-refractivity contribution in [1.82, 2.24) is 10.2 Å². The van der Waals surface area contributed by atoms with Gasteiger partial charge in [0.1, 0.15) is 18.1 Å². The minimum absolute atomic E-state index is 0.000967. The molecule has 0 saturated carbocycles. The molecule has 3 rings (SSSR count). The zero-order valence-corrected chi connectivity index (χ0v) is 18.9. The van der Waals surface area contributed by atoms with E-state index in [0.29, 0.717) is 19.2 Å². The van der Waals surface area contributed by atoms with E-state index >= 15 is 0 Å². The number of nitrogens with zero attached hydrogens (tertiary/aromatic N) is 1. The van der Waals surface area contributed by atoms with Crippen LogP contribution in [0.5, 0.6) is 11.5 Å². The summed E-state index contributed by atoms with van der Waals surface area (Å²) in [5.41, 5.74) is 3.12. The van der Waals surface area contributed by atoms with E-state index in [4.69, 9.17) is 14.2 Å². The first-order chi connectivity index (χ1) is 15.0. The summed E-state index contributed by atoms with van der Waals surface area (Å²) in [7, 11) is 2.14. The maximum absolute atomic E-state index is 12.2. The number of benzene rings is 2. The molecule has 1 heterocycles. The van der Waals surface area contributed by atoms with Crippen molar-refractivity contribution in [3.05, 3.63) is 59.2 Å². The van der Waals surface area contributed by atoms with Crippen LogP contribution >= 0.6 is 0 Å². The van der Waals surface area contributed by atoms with Gasteiger partial charge in [-0.2, -0.15) is 0 Å². The van der Waals surface area contributed by atoms with Gasteiger partial charge >= 0.3 is 0 Å². The van der Waals surface area contributed by atoms with Gasteiger partial charge in [0.25, 0.3) is 5.91 Å². The average molecular weight is 427 g/mol. The monoisotopic (exact) mass is 426 g/mol. The molecule has 0 atom stereocenters. The number of carbonyl (C=O) groups excluding carboxylic acids is 1. The van der Waals surface area contributed by atoms with Gasteiger partial charge in [-0.1, -0.05) is 24.3 Å². The van der Waals surface area contributed by atoms with Crippen LogP contribution in [-0.2, 0) is 16.1 Å². The molecule has 168 valence electrons. The number of likely N-dealkylation sites (N-methyl/N-ethyl adjacent to an activating group) is 1. The number of ether oxygens (including phenoxy) is 3. The molecule has 2 aromatic rings. The number of amides is 1. The van der Waals surface area contributed by atoms with Crippen molar-refractivity contribution in [3.63, 3.8) is 0 Å². The topological polar surface area (TPSA) is 60.0 Å². The molecule has 1 aliphatic heterocycles. The summed E-state index contributed by atoms with van der Waals surface area (Å²) in [6.45, 7) is 7.62. The highest BCUT2D eigenvalue weighted by atomic mass is 16.5. The fraction of sp³-hybridized carbons (Fsp3) is 0.480. The van der Waals surface area contributed by atoms with Crippen molar-refractivity contribution in [1.29, 1.82) is 0 Å². The Labute approximate surface area is 185 Å². The molecular formula is C25H34N2O4. The van der Waals surface area contributed by atoms with Gasteiger partial charge in [-0.05, 0) is 68.6 Å². The average Bonchev–Trinajstić information content (AvgIpc) is 2.79. The van der Waals surface area contributed by atoms with E-state index < -0.39 is 0 Å². The highest BCUT2D eigenvalue weighted by Gasteiger charge is 2.18. The molecule has 0 unspecified atom stereocenters. The molecule has 0 radical (unpaired) electrons. The lowest BCUT2D eigenvalue weighted by Gasteiger charge is -2.31. The summed E-state index contributed by atoms with van der Waals surface area (Å²) in [5.74, 6) is 1.42. The van der Waals surface area contributed by atoms with Gasteiger partial charge in [0.15, 0.2) is 6.61 Å². The van der Waals surface area contributed by atoms with E-state index in [0.717, 1.165) is 60.8 Å². The molecule has 6 nitrogen and oxygen atoms in total. The lowest BCUT2D eigenvalue weighted by Crippen LogP contribution is -2.38. The zero-order chi connectivity index (χ0) is 22.1. The summed E-state index contributed by atoms with van der Waals surface area (Å²) >= 11 is 0. The summed E-state index contributed by atoms with van der Waals surface area (Å²) in [6.07, 6.45) is 2.16. The second-order valence-corrected chi connectivity index (χ2v) is 8.15. The van der Waals surface area contributed by atoms with Gasteiger partial charge in [0, 0.05) is 32.3 Å². The van der Waals surface area contributed by atoms with Crippen LogP contribution in [0.1, 0.15) is 29.5 Å². The Balaban J connectivity index is 1.39. The van der Waals surface area contributed by atoms with E-state index in [9.17, 15) is 4.79 Å². The van der Waals surface area contributed by atoms with Crippen LogP contribution in [0, 0.1) is 13.8 Å². The number of hydrogen-bond acceptors (Lipinski definition) is 5. The predicted octanol–water partition coefficient (Wildman–Crippen LogP) is 3.49. The maximum Gasteiger partial charge on any atom is 0.258 e. The normalized spacial score (nSPS) is 14.5. The SMILES string of the molecule is Cc1ccc(C)c(OCC(=O)NCc2cccc(OCCN(C)C3CCOCC3)c2)c1. The first kappa shape index (κ1) is 23.1. The number of carbonyl (C=O) groups is 1. The fourth-order valence-corrected chi connectivity index (χ4v) is 3.62. The van der Waals surface area contributed by atoms with Gasteiger partial charge in [0.2, 0.25) is 0 Å². The van der Waals surface area contributed by atoms with Crippen LogP contribution in [0.2, 0.25) is 0 Å². The summed E-state index contributed by atoms with van der Waals surface area (Å²) in [4.78, 5) is 14.5. The Kier molecular flexibility index (Phi) is 8.74. The Hall–Kier alpha value is -2.57. The predicted molar refractivity (Wildman–Crippen MR) is 122 cm³/mol. The Morgan fingerprint density at radius 1 is 1.13 bits per heavy atom. The first-order valence-corrected chi connectivity index (χ1v) is 11.0. The fourth-order valence-electron chi connectivity index (χ4n) is 3.62. The van der Waals surface area contributed by atoms with Crippen molar-refractivity contribution in [2.24, 2.45) is 0 Å². The molecule has 1 amide bonds. The molecule has 0 bridgehead atoms. The molecule has 0 aromatic heterocycles. The van der Waals surface area contributed by atoms with Crippen LogP contribution in [0.4, 0.5) is 0 Å². The first-order valence-electron chi connectivity index (χ1n) is 11.0. The molecule has 1 fully saturated rings. The molecule has 0 aliphatic carbocycles. The molecule has 1 saturated heterocycles.